The first-order valence-corrected chi connectivity index (χ1v) is 3.85. The lowest BCUT2D eigenvalue weighted by Crippen LogP contribution is -1.78. The molecule has 0 saturated heterocycles. The van der Waals surface area contributed by atoms with Crippen LogP contribution >= 0.6 is 0 Å². The fourth-order valence-electron chi connectivity index (χ4n) is 1.24. The highest BCUT2D eigenvalue weighted by molar-refractivity contribution is 5.91. The van der Waals surface area contributed by atoms with E-state index in [2.05, 4.69) is 15.3 Å². The van der Waals surface area contributed by atoms with Crippen molar-refractivity contribution >= 4 is 16.5 Å². The summed E-state index contributed by atoms with van der Waals surface area (Å²) in [6, 6.07) is 7.82. The van der Waals surface area contributed by atoms with Crippen molar-refractivity contribution < 1.29 is 0 Å². The lowest BCUT2D eigenvalue weighted by Gasteiger charge is -1.97. The molecule has 0 aliphatic carbocycles. The molecule has 0 aliphatic rings. The second-order valence-electron chi connectivity index (χ2n) is 2.60. The Balaban J connectivity index is 2.75. The number of pyridine rings is 1. The van der Waals surface area contributed by atoms with Crippen LogP contribution in [0.2, 0.25) is 0 Å². The molecule has 0 saturated carbocycles. The Kier molecular flexibility index (Phi) is 1.88. The van der Waals surface area contributed by atoms with Gasteiger partial charge in [-0.25, -0.2) is 0 Å². The molecule has 0 atom stereocenters. The van der Waals surface area contributed by atoms with Crippen molar-refractivity contribution in [3.8, 4) is 0 Å². The van der Waals surface area contributed by atoms with E-state index < -0.39 is 0 Å². The number of benzene rings is 1. The molecule has 0 unspecified atom stereocenters. The van der Waals surface area contributed by atoms with Crippen molar-refractivity contribution in [3.05, 3.63) is 36.7 Å². The van der Waals surface area contributed by atoms with E-state index in [-0.39, 0.29) is 0 Å². The third-order valence-corrected chi connectivity index (χ3v) is 1.81. The number of aromatic nitrogens is 1. The average molecular weight is 172 g/mol. The highest BCUT2D eigenvalue weighted by atomic mass is 15.3. The molecule has 13 heavy (non-hydrogen) atoms. The number of hydrogen-bond acceptors (Lipinski definition) is 3. The van der Waals surface area contributed by atoms with E-state index in [1.54, 1.807) is 12.4 Å². The molecule has 2 aromatic rings. The first kappa shape index (κ1) is 7.67. The van der Waals surface area contributed by atoms with E-state index in [1.807, 2.05) is 24.3 Å². The smallest absolute Gasteiger partial charge is 0.113 e. The second-order valence-corrected chi connectivity index (χ2v) is 2.60. The number of fused-ring (bicyclic) bond motifs is 1. The Hall–Kier alpha value is -1.97. The van der Waals surface area contributed by atoms with Crippen LogP contribution in [0.5, 0.6) is 0 Å². The summed E-state index contributed by atoms with van der Waals surface area (Å²) in [5.41, 5.74) is 0.695. The molecule has 64 valence electrons. The van der Waals surface area contributed by atoms with E-state index in [0.29, 0.717) is 5.69 Å². The first-order valence-electron chi connectivity index (χ1n) is 3.85. The number of nitrogens with zero attached hydrogens (tertiary/aromatic N) is 3. The molecular weight excluding hydrogens is 164 g/mol. The van der Waals surface area contributed by atoms with Gasteiger partial charge in [0.25, 0.3) is 0 Å². The van der Waals surface area contributed by atoms with Gasteiger partial charge in [0, 0.05) is 17.0 Å². The zero-order chi connectivity index (χ0) is 9.10. The third kappa shape index (κ3) is 1.33. The molecule has 4 nitrogen and oxygen atoms in total. The maximum absolute atomic E-state index is 4.98. The van der Waals surface area contributed by atoms with Crippen LogP contribution < -0.4 is 5.84 Å². The molecule has 2 rings (SSSR count). The van der Waals surface area contributed by atoms with Gasteiger partial charge >= 0.3 is 0 Å². The van der Waals surface area contributed by atoms with Crippen molar-refractivity contribution in [2.75, 3.05) is 0 Å². The Labute approximate surface area is 75.1 Å². The van der Waals surface area contributed by atoms with Gasteiger partial charge in [-0.2, -0.15) is 0 Å². The third-order valence-electron chi connectivity index (χ3n) is 1.81. The molecule has 0 amide bonds. The summed E-state index contributed by atoms with van der Waals surface area (Å²) in [5.74, 6) is 4.98. The van der Waals surface area contributed by atoms with Crippen LogP contribution in [-0.2, 0) is 0 Å². The minimum Gasteiger partial charge on any atom is -0.305 e. The van der Waals surface area contributed by atoms with Gasteiger partial charge in [0.1, 0.15) is 5.69 Å². The predicted octanol–water partition coefficient (Wildman–Crippen LogP) is 2.19. The minimum atomic E-state index is 0.695. The maximum atomic E-state index is 4.98. The van der Waals surface area contributed by atoms with Crippen LogP contribution in [0.4, 0.5) is 5.69 Å². The molecule has 0 fully saturated rings. The van der Waals surface area contributed by atoms with Crippen molar-refractivity contribution in [1.29, 1.82) is 0 Å². The quantitative estimate of drug-likeness (QED) is 0.407. The highest BCUT2D eigenvalue weighted by Crippen LogP contribution is 2.23. The van der Waals surface area contributed by atoms with Crippen LogP contribution in [0.1, 0.15) is 0 Å². The summed E-state index contributed by atoms with van der Waals surface area (Å²) >= 11 is 0. The van der Waals surface area contributed by atoms with Gasteiger partial charge in [-0.15, -0.1) is 5.11 Å². The second kappa shape index (κ2) is 3.18. The fourth-order valence-corrected chi connectivity index (χ4v) is 1.24. The molecule has 1 heterocycles. The van der Waals surface area contributed by atoms with Crippen molar-refractivity contribution in [2.24, 2.45) is 16.2 Å². The summed E-state index contributed by atoms with van der Waals surface area (Å²) in [5, 5.41) is 9.06. The zero-order valence-corrected chi connectivity index (χ0v) is 6.88. The Morgan fingerprint density at radius 3 is 2.85 bits per heavy atom. The molecule has 0 bridgehead atoms. The molecule has 0 aliphatic heterocycles. The van der Waals surface area contributed by atoms with Gasteiger partial charge < -0.3 is 5.84 Å². The molecule has 1 aromatic carbocycles. The van der Waals surface area contributed by atoms with E-state index in [0.717, 1.165) is 10.8 Å². The van der Waals surface area contributed by atoms with Gasteiger partial charge in [-0.1, -0.05) is 29.5 Å². The standard InChI is InChI=1S/C9H8N4/c10-13-12-9-6-11-5-7-3-1-2-4-8(7)9/h1-6H,(H2,10,12). The lowest BCUT2D eigenvalue weighted by atomic mass is 10.1. The fraction of sp³-hybridized carbons (Fsp3) is 0. The normalized spacial score (nSPS) is 11.1. The molecule has 0 radical (unpaired) electrons. The SMILES string of the molecule is NN=Nc1cncc2ccccc12. The van der Waals surface area contributed by atoms with E-state index >= 15 is 0 Å². The zero-order valence-electron chi connectivity index (χ0n) is 6.88. The minimum absolute atomic E-state index is 0.695. The molecule has 0 spiro atoms. The Bertz CT molecular complexity index is 445. The Morgan fingerprint density at radius 2 is 2.00 bits per heavy atom. The number of rotatable bonds is 1. The average Bonchev–Trinajstić information content (AvgIpc) is 2.19. The van der Waals surface area contributed by atoms with Crippen molar-refractivity contribution in [2.45, 2.75) is 0 Å². The number of nitrogens with two attached hydrogens (primary N) is 1. The van der Waals surface area contributed by atoms with Gasteiger partial charge in [-0.05, 0) is 0 Å². The van der Waals surface area contributed by atoms with E-state index in [9.17, 15) is 0 Å². The van der Waals surface area contributed by atoms with Crippen LogP contribution in [0.15, 0.2) is 47.0 Å². The predicted molar refractivity (Wildman–Crippen MR) is 50.4 cm³/mol. The van der Waals surface area contributed by atoms with Crippen LogP contribution in [0, 0.1) is 0 Å². The van der Waals surface area contributed by atoms with Crippen LogP contribution in [0.25, 0.3) is 10.8 Å². The summed E-state index contributed by atoms with van der Waals surface area (Å²) in [6.45, 7) is 0. The van der Waals surface area contributed by atoms with Crippen molar-refractivity contribution in [3.63, 3.8) is 0 Å². The molecular formula is C9H8N4. The van der Waals surface area contributed by atoms with Gasteiger partial charge in [0.05, 0.1) is 6.20 Å². The highest BCUT2D eigenvalue weighted by Gasteiger charge is 1.97. The Morgan fingerprint density at radius 1 is 1.15 bits per heavy atom. The largest absolute Gasteiger partial charge is 0.305 e. The maximum Gasteiger partial charge on any atom is 0.113 e. The van der Waals surface area contributed by atoms with Crippen LogP contribution in [0.3, 0.4) is 0 Å². The van der Waals surface area contributed by atoms with Gasteiger partial charge in [-0.3, -0.25) is 4.98 Å². The lowest BCUT2D eigenvalue weighted by molar-refractivity contribution is 1.06. The van der Waals surface area contributed by atoms with Gasteiger partial charge in [0.15, 0.2) is 0 Å². The number of hydrogen-bond donors (Lipinski definition) is 1. The summed E-state index contributed by atoms with van der Waals surface area (Å²) in [7, 11) is 0. The molecule has 2 N–H and O–H groups in total. The van der Waals surface area contributed by atoms with Crippen LogP contribution in [-0.4, -0.2) is 4.98 Å². The topological polar surface area (TPSA) is 63.6 Å². The van der Waals surface area contributed by atoms with E-state index in [1.165, 1.54) is 0 Å². The van der Waals surface area contributed by atoms with E-state index in [4.69, 9.17) is 5.84 Å². The molecule has 1 aromatic heterocycles. The molecule has 4 heteroatoms. The summed E-state index contributed by atoms with van der Waals surface area (Å²) in [6.07, 6.45) is 3.42. The van der Waals surface area contributed by atoms with Crippen molar-refractivity contribution in [1.82, 2.24) is 4.98 Å². The monoisotopic (exact) mass is 172 g/mol. The summed E-state index contributed by atoms with van der Waals surface area (Å²) < 4.78 is 0. The first-order chi connectivity index (χ1) is 6.42. The van der Waals surface area contributed by atoms with Gasteiger partial charge in [0.2, 0.25) is 0 Å². The summed E-state index contributed by atoms with van der Waals surface area (Å²) in [4.78, 5) is 4.02.